The molecule has 1 heterocycles. The van der Waals surface area contributed by atoms with Crippen LogP contribution in [0.4, 0.5) is 11.5 Å². The average Bonchev–Trinajstić information content (AvgIpc) is 2.21. The predicted molar refractivity (Wildman–Crippen MR) is 60.5 cm³/mol. The van der Waals surface area contributed by atoms with Crippen LogP contribution in [0.3, 0.4) is 0 Å². The van der Waals surface area contributed by atoms with E-state index in [4.69, 9.17) is 5.73 Å². The molecule has 0 aromatic carbocycles. The molecular formula is C11H17N3O. The van der Waals surface area contributed by atoms with Gasteiger partial charge < -0.3 is 16.2 Å². The zero-order chi connectivity index (χ0) is 11.1. The van der Waals surface area contributed by atoms with Crippen molar-refractivity contribution >= 4 is 11.5 Å². The van der Waals surface area contributed by atoms with Crippen LogP contribution in [0.25, 0.3) is 0 Å². The van der Waals surface area contributed by atoms with Crippen LogP contribution in [0.5, 0.6) is 0 Å². The molecule has 0 amide bonds. The highest BCUT2D eigenvalue weighted by Gasteiger charge is 2.47. The van der Waals surface area contributed by atoms with Crippen molar-refractivity contribution in [1.29, 1.82) is 0 Å². The van der Waals surface area contributed by atoms with Crippen LogP contribution < -0.4 is 11.1 Å². The molecule has 4 heteroatoms. The second-order valence-corrected chi connectivity index (χ2v) is 4.75. The Balaban J connectivity index is 2.02. The van der Waals surface area contributed by atoms with Crippen molar-refractivity contribution in [2.75, 3.05) is 11.1 Å². The Morgan fingerprint density at radius 1 is 1.53 bits per heavy atom. The van der Waals surface area contributed by atoms with Gasteiger partial charge in [0.1, 0.15) is 5.82 Å². The van der Waals surface area contributed by atoms with E-state index in [0.717, 1.165) is 12.2 Å². The summed E-state index contributed by atoms with van der Waals surface area (Å²) in [5, 5.41) is 12.9. The van der Waals surface area contributed by atoms with Gasteiger partial charge in [-0.05, 0) is 18.6 Å². The number of aromatic nitrogens is 1. The zero-order valence-electron chi connectivity index (χ0n) is 9.07. The maximum absolute atomic E-state index is 9.59. The Bertz CT molecular complexity index is 347. The van der Waals surface area contributed by atoms with Crippen molar-refractivity contribution in [1.82, 2.24) is 4.98 Å². The van der Waals surface area contributed by atoms with Gasteiger partial charge in [-0.3, -0.25) is 0 Å². The Hall–Kier alpha value is -1.29. The summed E-state index contributed by atoms with van der Waals surface area (Å²) in [6.07, 6.45) is 2.19. The summed E-state index contributed by atoms with van der Waals surface area (Å²) in [7, 11) is 0. The number of rotatable bonds is 2. The molecule has 15 heavy (non-hydrogen) atoms. The van der Waals surface area contributed by atoms with Gasteiger partial charge in [-0.1, -0.05) is 13.8 Å². The minimum absolute atomic E-state index is 0.0803. The normalized spacial score (nSPS) is 28.2. The summed E-state index contributed by atoms with van der Waals surface area (Å²) < 4.78 is 0. The number of nitrogens with one attached hydrogen (secondary N) is 1. The predicted octanol–water partition coefficient (Wildman–Crippen LogP) is 1.24. The van der Waals surface area contributed by atoms with E-state index < -0.39 is 0 Å². The summed E-state index contributed by atoms with van der Waals surface area (Å²) in [6.45, 7) is 4.10. The summed E-state index contributed by atoms with van der Waals surface area (Å²) in [6, 6.07) is 3.96. The first-order chi connectivity index (χ1) is 7.00. The fraction of sp³-hybridized carbons (Fsp3) is 0.545. The van der Waals surface area contributed by atoms with Crippen molar-refractivity contribution < 1.29 is 5.11 Å². The highest BCUT2D eigenvalue weighted by Crippen LogP contribution is 2.41. The van der Waals surface area contributed by atoms with Crippen molar-refractivity contribution in [2.45, 2.75) is 32.4 Å². The van der Waals surface area contributed by atoms with Crippen LogP contribution in [-0.4, -0.2) is 22.2 Å². The van der Waals surface area contributed by atoms with E-state index in [-0.39, 0.29) is 17.6 Å². The first-order valence-corrected chi connectivity index (χ1v) is 5.16. The molecule has 1 fully saturated rings. The lowest BCUT2D eigenvalue weighted by atomic mass is 9.64. The van der Waals surface area contributed by atoms with Gasteiger partial charge in [0.15, 0.2) is 0 Å². The number of aliphatic hydroxyl groups is 1. The topological polar surface area (TPSA) is 71.2 Å². The number of nitrogens with zero attached hydrogens (tertiary/aromatic N) is 1. The molecule has 2 atom stereocenters. The average molecular weight is 207 g/mol. The van der Waals surface area contributed by atoms with Gasteiger partial charge in [0.05, 0.1) is 18.0 Å². The number of anilines is 2. The number of hydrogen-bond acceptors (Lipinski definition) is 4. The Labute approximate surface area is 89.5 Å². The van der Waals surface area contributed by atoms with Gasteiger partial charge in [-0.25, -0.2) is 4.98 Å². The van der Waals surface area contributed by atoms with Crippen LogP contribution in [0, 0.1) is 5.41 Å². The molecule has 2 unspecified atom stereocenters. The first-order valence-electron chi connectivity index (χ1n) is 5.16. The fourth-order valence-corrected chi connectivity index (χ4v) is 1.82. The largest absolute Gasteiger partial charge is 0.397 e. The van der Waals surface area contributed by atoms with Gasteiger partial charge in [-0.2, -0.15) is 0 Å². The summed E-state index contributed by atoms with van der Waals surface area (Å²) in [5.41, 5.74) is 6.13. The molecule has 4 N–H and O–H groups in total. The first kappa shape index (κ1) is 10.2. The molecule has 0 aliphatic heterocycles. The Morgan fingerprint density at radius 2 is 2.27 bits per heavy atom. The van der Waals surface area contributed by atoms with Crippen molar-refractivity contribution in [2.24, 2.45) is 5.41 Å². The standard InChI is InChI=1S/C11H17N3O/c1-11(2)8(5-9(11)15)14-10-4-3-7(12)6-13-10/h3-4,6,8-9,15H,5,12H2,1-2H3,(H,13,14). The third kappa shape index (κ3) is 1.77. The summed E-state index contributed by atoms with van der Waals surface area (Å²) >= 11 is 0. The molecule has 1 aromatic rings. The highest BCUT2D eigenvalue weighted by molar-refractivity contribution is 5.45. The lowest BCUT2D eigenvalue weighted by Crippen LogP contribution is -2.57. The smallest absolute Gasteiger partial charge is 0.126 e. The number of hydrogen-bond donors (Lipinski definition) is 3. The van der Waals surface area contributed by atoms with Crippen molar-refractivity contribution in [3.05, 3.63) is 18.3 Å². The van der Waals surface area contributed by atoms with Crippen LogP contribution in [0.2, 0.25) is 0 Å². The van der Waals surface area contributed by atoms with Gasteiger partial charge in [0, 0.05) is 11.5 Å². The monoisotopic (exact) mass is 207 g/mol. The van der Waals surface area contributed by atoms with E-state index in [1.807, 2.05) is 12.1 Å². The molecule has 4 nitrogen and oxygen atoms in total. The molecule has 0 saturated heterocycles. The van der Waals surface area contributed by atoms with E-state index in [1.54, 1.807) is 6.20 Å². The van der Waals surface area contributed by atoms with E-state index in [1.165, 1.54) is 0 Å². The second-order valence-electron chi connectivity index (χ2n) is 4.75. The molecule has 1 aromatic heterocycles. The number of pyridine rings is 1. The molecule has 1 aliphatic carbocycles. The summed E-state index contributed by atoms with van der Waals surface area (Å²) in [5.74, 6) is 0.814. The third-order valence-corrected chi connectivity index (χ3v) is 3.32. The van der Waals surface area contributed by atoms with Gasteiger partial charge in [0.2, 0.25) is 0 Å². The van der Waals surface area contributed by atoms with Crippen LogP contribution in [0.15, 0.2) is 18.3 Å². The maximum Gasteiger partial charge on any atom is 0.126 e. The fourth-order valence-electron chi connectivity index (χ4n) is 1.82. The van der Waals surface area contributed by atoms with E-state index >= 15 is 0 Å². The SMILES string of the molecule is CC1(C)C(O)CC1Nc1ccc(N)cn1. The quantitative estimate of drug-likeness (QED) is 0.682. The summed E-state index contributed by atoms with van der Waals surface area (Å²) in [4.78, 5) is 4.17. The van der Waals surface area contributed by atoms with Gasteiger partial charge >= 0.3 is 0 Å². The number of nitrogen functional groups attached to an aromatic ring is 1. The lowest BCUT2D eigenvalue weighted by molar-refractivity contribution is -0.0511. The third-order valence-electron chi connectivity index (χ3n) is 3.32. The van der Waals surface area contributed by atoms with Crippen molar-refractivity contribution in [3.8, 4) is 0 Å². The molecule has 0 bridgehead atoms. The van der Waals surface area contributed by atoms with Crippen LogP contribution >= 0.6 is 0 Å². The molecule has 0 radical (unpaired) electrons. The minimum atomic E-state index is -0.219. The second kappa shape index (κ2) is 3.38. The Kier molecular flexibility index (Phi) is 2.31. The van der Waals surface area contributed by atoms with E-state index in [2.05, 4.69) is 24.1 Å². The van der Waals surface area contributed by atoms with Crippen LogP contribution in [0.1, 0.15) is 20.3 Å². The molecule has 82 valence electrons. The Morgan fingerprint density at radius 3 is 2.73 bits per heavy atom. The lowest BCUT2D eigenvalue weighted by Gasteiger charge is -2.49. The molecule has 2 rings (SSSR count). The van der Waals surface area contributed by atoms with Gasteiger partial charge in [0.25, 0.3) is 0 Å². The molecular weight excluding hydrogens is 190 g/mol. The molecule has 0 spiro atoms. The minimum Gasteiger partial charge on any atom is -0.397 e. The maximum atomic E-state index is 9.59. The van der Waals surface area contributed by atoms with Crippen molar-refractivity contribution in [3.63, 3.8) is 0 Å². The zero-order valence-corrected chi connectivity index (χ0v) is 9.07. The molecule has 1 saturated carbocycles. The number of aliphatic hydroxyl groups excluding tert-OH is 1. The highest BCUT2D eigenvalue weighted by atomic mass is 16.3. The van der Waals surface area contributed by atoms with E-state index in [0.29, 0.717) is 5.69 Å². The van der Waals surface area contributed by atoms with E-state index in [9.17, 15) is 5.11 Å². The number of nitrogens with two attached hydrogens (primary N) is 1. The molecule has 1 aliphatic rings. The van der Waals surface area contributed by atoms with Crippen LogP contribution in [-0.2, 0) is 0 Å². The van der Waals surface area contributed by atoms with Gasteiger partial charge in [-0.15, -0.1) is 0 Å².